The van der Waals surface area contributed by atoms with E-state index in [0.29, 0.717) is 23.5 Å². The number of rotatable bonds is 6. The third-order valence-corrected chi connectivity index (χ3v) is 4.82. The Labute approximate surface area is 166 Å². The molecular weight excluding hydrogens is 377 g/mol. The van der Waals surface area contributed by atoms with E-state index in [1.54, 1.807) is 23.1 Å². The van der Waals surface area contributed by atoms with Gasteiger partial charge in [0.15, 0.2) is 0 Å². The molecule has 1 aliphatic heterocycles. The first-order valence-corrected chi connectivity index (χ1v) is 9.44. The molecule has 10 heteroatoms. The van der Waals surface area contributed by atoms with Crippen LogP contribution < -0.4 is 10.1 Å². The van der Waals surface area contributed by atoms with Crippen LogP contribution in [-0.2, 0) is 11.3 Å². The fourth-order valence-corrected chi connectivity index (χ4v) is 3.26. The second kappa shape index (κ2) is 7.90. The molecule has 0 saturated carbocycles. The summed E-state index contributed by atoms with van der Waals surface area (Å²) in [6.07, 6.45) is 4.62. The highest BCUT2D eigenvalue weighted by Gasteiger charge is 2.33. The van der Waals surface area contributed by atoms with Crippen LogP contribution >= 0.6 is 0 Å². The number of fused-ring (bicyclic) bond motifs is 1. The average Bonchev–Trinajstić information content (AvgIpc) is 3.38. The third-order valence-electron chi connectivity index (χ3n) is 4.82. The van der Waals surface area contributed by atoms with Gasteiger partial charge in [-0.05, 0) is 25.5 Å². The van der Waals surface area contributed by atoms with E-state index < -0.39 is 12.3 Å². The van der Waals surface area contributed by atoms with Crippen molar-refractivity contribution in [2.24, 2.45) is 0 Å². The van der Waals surface area contributed by atoms with E-state index in [-0.39, 0.29) is 24.8 Å². The Balaban J connectivity index is 1.59. The normalized spacial score (nSPS) is 19.3. The van der Waals surface area contributed by atoms with Gasteiger partial charge in [-0.2, -0.15) is 15.1 Å². The number of anilines is 2. The van der Waals surface area contributed by atoms with Crippen LogP contribution in [0.4, 0.5) is 16.0 Å². The predicted molar refractivity (Wildman–Crippen MR) is 106 cm³/mol. The van der Waals surface area contributed by atoms with Crippen LogP contribution in [0.25, 0.3) is 11.0 Å². The SMILES string of the molecule is C=CC(=O)N1CC[C@H](F)[C@@H](Oc2nc(Nc3cnn(CC)c3)nc3[nH]ccc23)C1. The lowest BCUT2D eigenvalue weighted by atomic mass is 10.1. The smallest absolute Gasteiger partial charge is 0.246 e. The molecule has 0 spiro atoms. The van der Waals surface area contributed by atoms with Crippen LogP contribution in [0.1, 0.15) is 13.3 Å². The van der Waals surface area contributed by atoms with Crippen molar-refractivity contribution in [2.75, 3.05) is 18.4 Å². The summed E-state index contributed by atoms with van der Waals surface area (Å²) in [4.78, 5) is 25.3. The third kappa shape index (κ3) is 3.91. The number of nitrogens with one attached hydrogen (secondary N) is 2. The molecule has 9 nitrogen and oxygen atoms in total. The van der Waals surface area contributed by atoms with Crippen LogP contribution in [0.15, 0.2) is 37.3 Å². The molecule has 3 aromatic heterocycles. The first-order valence-electron chi connectivity index (χ1n) is 9.44. The van der Waals surface area contributed by atoms with Crippen molar-refractivity contribution in [1.82, 2.24) is 29.6 Å². The maximum atomic E-state index is 14.5. The maximum Gasteiger partial charge on any atom is 0.246 e. The summed E-state index contributed by atoms with van der Waals surface area (Å²) < 4.78 is 22.2. The summed E-state index contributed by atoms with van der Waals surface area (Å²) in [7, 11) is 0. The molecule has 2 N–H and O–H groups in total. The van der Waals surface area contributed by atoms with Crippen molar-refractivity contribution < 1.29 is 13.9 Å². The Bertz CT molecular complexity index is 1030. The largest absolute Gasteiger partial charge is 0.469 e. The highest BCUT2D eigenvalue weighted by molar-refractivity contribution is 5.87. The van der Waals surface area contributed by atoms with Gasteiger partial charge >= 0.3 is 0 Å². The van der Waals surface area contributed by atoms with Crippen molar-refractivity contribution in [3.05, 3.63) is 37.3 Å². The van der Waals surface area contributed by atoms with Gasteiger partial charge in [0.2, 0.25) is 17.7 Å². The van der Waals surface area contributed by atoms with E-state index in [0.717, 1.165) is 12.2 Å². The van der Waals surface area contributed by atoms with Crippen LogP contribution in [0, 0.1) is 0 Å². The minimum absolute atomic E-state index is 0.133. The number of likely N-dealkylation sites (tertiary alicyclic amines) is 1. The highest BCUT2D eigenvalue weighted by atomic mass is 19.1. The zero-order chi connectivity index (χ0) is 20.4. The van der Waals surface area contributed by atoms with Crippen molar-refractivity contribution >= 4 is 28.6 Å². The zero-order valence-corrected chi connectivity index (χ0v) is 16.0. The van der Waals surface area contributed by atoms with Crippen molar-refractivity contribution in [2.45, 2.75) is 32.2 Å². The molecule has 2 atom stereocenters. The summed E-state index contributed by atoms with van der Waals surface area (Å²) in [6, 6.07) is 1.77. The molecule has 0 unspecified atom stereocenters. The average molecular weight is 399 g/mol. The molecule has 4 rings (SSSR count). The van der Waals surface area contributed by atoms with Gasteiger partial charge in [0, 0.05) is 25.5 Å². The maximum absolute atomic E-state index is 14.5. The van der Waals surface area contributed by atoms with Crippen molar-refractivity contribution in [3.8, 4) is 5.88 Å². The number of ether oxygens (including phenoxy) is 1. The number of nitrogens with zero attached hydrogens (tertiary/aromatic N) is 5. The Hall–Kier alpha value is -3.43. The molecule has 0 aromatic carbocycles. The fourth-order valence-electron chi connectivity index (χ4n) is 3.26. The summed E-state index contributed by atoms with van der Waals surface area (Å²) in [5, 5.41) is 7.93. The standard InChI is InChI=1S/C19H22FN7O2/c1-3-16(28)26-8-6-14(20)15(11-26)29-18-13-5-7-21-17(13)24-19(25-18)23-12-9-22-27(4-2)10-12/h3,5,7,9-10,14-15H,1,4,6,8,11H2,2H3,(H2,21,23,24,25)/t14-,15-/m0/s1. The topological polar surface area (TPSA) is 101 Å². The van der Waals surface area contributed by atoms with Crippen LogP contribution in [0.3, 0.4) is 0 Å². The second-order valence-corrected chi connectivity index (χ2v) is 6.75. The van der Waals surface area contributed by atoms with Crippen molar-refractivity contribution in [1.29, 1.82) is 0 Å². The molecule has 4 heterocycles. The van der Waals surface area contributed by atoms with Crippen LogP contribution in [0.2, 0.25) is 0 Å². The van der Waals surface area contributed by atoms with E-state index >= 15 is 0 Å². The molecular formula is C19H22FN7O2. The summed E-state index contributed by atoms with van der Waals surface area (Å²) >= 11 is 0. The van der Waals surface area contributed by atoms with Gasteiger partial charge in [-0.25, -0.2) is 4.39 Å². The molecule has 29 heavy (non-hydrogen) atoms. The number of aromatic nitrogens is 5. The fraction of sp³-hybridized carbons (Fsp3) is 0.368. The quantitative estimate of drug-likeness (QED) is 0.618. The molecule has 0 radical (unpaired) electrons. The minimum atomic E-state index is -1.20. The second-order valence-electron chi connectivity index (χ2n) is 6.75. The molecule has 1 amide bonds. The molecule has 1 fully saturated rings. The van der Waals surface area contributed by atoms with Crippen LogP contribution in [0.5, 0.6) is 5.88 Å². The van der Waals surface area contributed by atoms with E-state index in [1.807, 2.05) is 13.1 Å². The first-order chi connectivity index (χ1) is 14.1. The van der Waals surface area contributed by atoms with Gasteiger partial charge in [0.05, 0.1) is 23.8 Å². The number of carbonyl (C=O) groups excluding carboxylic acids is 1. The molecule has 152 valence electrons. The number of piperidine rings is 1. The number of halogens is 1. The Morgan fingerprint density at radius 2 is 2.38 bits per heavy atom. The van der Waals surface area contributed by atoms with Gasteiger partial charge < -0.3 is 19.9 Å². The number of alkyl halides is 1. The summed E-state index contributed by atoms with van der Waals surface area (Å²) in [5.41, 5.74) is 1.29. The van der Waals surface area contributed by atoms with Gasteiger partial charge in [0.1, 0.15) is 17.9 Å². The lowest BCUT2D eigenvalue weighted by molar-refractivity contribution is -0.130. The molecule has 0 bridgehead atoms. The Morgan fingerprint density at radius 3 is 3.14 bits per heavy atom. The molecule has 1 saturated heterocycles. The monoisotopic (exact) mass is 399 g/mol. The number of H-pyrrole nitrogens is 1. The number of aromatic amines is 1. The van der Waals surface area contributed by atoms with Gasteiger partial charge in [-0.3, -0.25) is 9.48 Å². The number of aryl methyl sites for hydroxylation is 1. The lowest BCUT2D eigenvalue weighted by Gasteiger charge is -2.34. The Kier molecular flexibility index (Phi) is 5.15. The van der Waals surface area contributed by atoms with Gasteiger partial charge in [-0.15, -0.1) is 0 Å². The van der Waals surface area contributed by atoms with Crippen molar-refractivity contribution in [3.63, 3.8) is 0 Å². The summed E-state index contributed by atoms with van der Waals surface area (Å²) in [6.45, 7) is 6.69. The number of amides is 1. The Morgan fingerprint density at radius 1 is 1.52 bits per heavy atom. The van der Waals surface area contributed by atoms with E-state index in [9.17, 15) is 9.18 Å². The zero-order valence-electron chi connectivity index (χ0n) is 16.0. The minimum Gasteiger partial charge on any atom is -0.469 e. The summed E-state index contributed by atoms with van der Waals surface area (Å²) in [5.74, 6) is 0.313. The first kappa shape index (κ1) is 18.9. The number of hydrogen-bond donors (Lipinski definition) is 2. The highest BCUT2D eigenvalue weighted by Crippen LogP contribution is 2.28. The lowest BCUT2D eigenvalue weighted by Crippen LogP contribution is -2.49. The molecule has 1 aliphatic rings. The van der Waals surface area contributed by atoms with E-state index in [2.05, 4.69) is 31.9 Å². The van der Waals surface area contributed by atoms with E-state index in [1.165, 1.54) is 11.0 Å². The van der Waals surface area contributed by atoms with Gasteiger partial charge in [0.25, 0.3) is 0 Å². The number of hydrogen-bond acceptors (Lipinski definition) is 6. The van der Waals surface area contributed by atoms with Crippen LogP contribution in [-0.4, -0.2) is 60.9 Å². The van der Waals surface area contributed by atoms with E-state index in [4.69, 9.17) is 4.74 Å². The predicted octanol–water partition coefficient (Wildman–Crippen LogP) is 2.42. The number of carbonyl (C=O) groups is 1. The molecule has 0 aliphatic carbocycles. The van der Waals surface area contributed by atoms with Gasteiger partial charge in [-0.1, -0.05) is 6.58 Å². The molecule has 3 aromatic rings.